The van der Waals surface area contributed by atoms with Crippen LogP contribution in [-0.4, -0.2) is 22.8 Å². The van der Waals surface area contributed by atoms with Crippen molar-refractivity contribution in [2.45, 2.75) is 11.9 Å². The molecule has 2 aromatic rings. The highest BCUT2D eigenvalue weighted by Gasteiger charge is 2.11. The predicted molar refractivity (Wildman–Crippen MR) is 77.0 cm³/mol. The standard InChI is InChI=1S/C13H13ClN2OS/c1-4-17-8(2)10-6-16-13(18-3)11-7-15-12(14)5-9(10)11/h5-7H,2,4H2,1,3H3. The fraction of sp³-hybridized carbons (Fsp3) is 0.231. The van der Waals surface area contributed by atoms with E-state index < -0.39 is 0 Å². The molecule has 0 aliphatic carbocycles. The fourth-order valence-corrected chi connectivity index (χ4v) is 2.42. The molecule has 0 bridgehead atoms. The van der Waals surface area contributed by atoms with Gasteiger partial charge in [-0.05, 0) is 19.2 Å². The molecule has 0 saturated heterocycles. The van der Waals surface area contributed by atoms with Crippen LogP contribution in [0.3, 0.4) is 0 Å². The van der Waals surface area contributed by atoms with Crippen LogP contribution in [0.25, 0.3) is 16.5 Å². The third kappa shape index (κ3) is 2.44. The molecule has 0 fully saturated rings. The molecule has 2 aromatic heterocycles. The van der Waals surface area contributed by atoms with Crippen LogP contribution in [0.15, 0.2) is 30.1 Å². The normalized spacial score (nSPS) is 10.6. The molecule has 0 aromatic carbocycles. The van der Waals surface area contributed by atoms with E-state index in [-0.39, 0.29) is 0 Å². The van der Waals surface area contributed by atoms with Crippen molar-refractivity contribution in [1.29, 1.82) is 0 Å². The summed E-state index contributed by atoms with van der Waals surface area (Å²) in [6, 6.07) is 1.82. The second kappa shape index (κ2) is 5.59. The summed E-state index contributed by atoms with van der Waals surface area (Å²) in [5.74, 6) is 0.602. The maximum atomic E-state index is 5.96. The minimum Gasteiger partial charge on any atom is -0.494 e. The number of nitrogens with zero attached hydrogens (tertiary/aromatic N) is 2. The number of halogens is 1. The smallest absolute Gasteiger partial charge is 0.129 e. The van der Waals surface area contributed by atoms with Crippen LogP contribution in [-0.2, 0) is 4.74 Å². The SMILES string of the molecule is C=C(OCC)c1cnc(SC)c2cnc(Cl)cc12. The molecule has 94 valence electrons. The monoisotopic (exact) mass is 280 g/mol. The van der Waals surface area contributed by atoms with Crippen LogP contribution in [0.1, 0.15) is 12.5 Å². The van der Waals surface area contributed by atoms with Gasteiger partial charge in [-0.2, -0.15) is 0 Å². The lowest BCUT2D eigenvalue weighted by Gasteiger charge is -2.11. The Morgan fingerprint density at radius 1 is 1.39 bits per heavy atom. The zero-order chi connectivity index (χ0) is 13.1. The first-order chi connectivity index (χ1) is 8.67. The molecular formula is C13H13ClN2OS. The average Bonchev–Trinajstić information content (AvgIpc) is 2.37. The number of rotatable bonds is 4. The Kier molecular flexibility index (Phi) is 4.09. The van der Waals surface area contributed by atoms with Crippen molar-refractivity contribution in [3.63, 3.8) is 0 Å². The highest BCUT2D eigenvalue weighted by Crippen LogP contribution is 2.30. The van der Waals surface area contributed by atoms with E-state index in [4.69, 9.17) is 16.3 Å². The zero-order valence-corrected chi connectivity index (χ0v) is 11.8. The number of fused-ring (bicyclic) bond motifs is 1. The molecule has 2 heterocycles. The lowest BCUT2D eigenvalue weighted by Crippen LogP contribution is -1.95. The first kappa shape index (κ1) is 13.2. The number of ether oxygens (including phenoxy) is 1. The third-order valence-corrected chi connectivity index (χ3v) is 3.43. The molecule has 3 nitrogen and oxygen atoms in total. The quantitative estimate of drug-likeness (QED) is 0.481. The molecule has 0 atom stereocenters. The van der Waals surface area contributed by atoms with Crippen LogP contribution in [0.5, 0.6) is 0 Å². The number of hydrogen-bond donors (Lipinski definition) is 0. The van der Waals surface area contributed by atoms with E-state index in [0.29, 0.717) is 17.5 Å². The van der Waals surface area contributed by atoms with Gasteiger partial charge in [-0.25, -0.2) is 9.97 Å². The molecule has 0 amide bonds. The van der Waals surface area contributed by atoms with Crippen molar-refractivity contribution in [2.75, 3.05) is 12.9 Å². The number of aromatic nitrogens is 2. The molecule has 0 aliphatic heterocycles. The molecule has 0 spiro atoms. The zero-order valence-electron chi connectivity index (χ0n) is 10.2. The van der Waals surface area contributed by atoms with E-state index in [2.05, 4.69) is 16.5 Å². The molecular weight excluding hydrogens is 268 g/mol. The summed E-state index contributed by atoms with van der Waals surface area (Å²) in [4.78, 5) is 8.50. The van der Waals surface area contributed by atoms with Crippen LogP contribution in [0.2, 0.25) is 5.15 Å². The summed E-state index contributed by atoms with van der Waals surface area (Å²) in [5, 5.41) is 3.30. The minimum atomic E-state index is 0.450. The highest BCUT2D eigenvalue weighted by atomic mass is 35.5. The lowest BCUT2D eigenvalue weighted by molar-refractivity contribution is 0.299. The number of pyridine rings is 2. The summed E-state index contributed by atoms with van der Waals surface area (Å²) in [6.45, 7) is 6.41. The summed E-state index contributed by atoms with van der Waals surface area (Å²) in [7, 11) is 0. The molecule has 0 radical (unpaired) electrons. The second-order valence-electron chi connectivity index (χ2n) is 3.59. The maximum Gasteiger partial charge on any atom is 0.129 e. The van der Waals surface area contributed by atoms with Gasteiger partial charge in [-0.3, -0.25) is 0 Å². The Balaban J connectivity index is 2.68. The summed E-state index contributed by atoms with van der Waals surface area (Å²) in [6.07, 6.45) is 5.48. The topological polar surface area (TPSA) is 35.0 Å². The van der Waals surface area contributed by atoms with Crippen LogP contribution >= 0.6 is 23.4 Å². The molecule has 18 heavy (non-hydrogen) atoms. The van der Waals surface area contributed by atoms with E-state index in [9.17, 15) is 0 Å². The van der Waals surface area contributed by atoms with Crippen LogP contribution < -0.4 is 0 Å². The van der Waals surface area contributed by atoms with Crippen molar-refractivity contribution >= 4 is 39.9 Å². The first-order valence-corrected chi connectivity index (χ1v) is 7.08. The number of thioether (sulfide) groups is 1. The van der Waals surface area contributed by atoms with Gasteiger partial charge in [-0.1, -0.05) is 18.2 Å². The van der Waals surface area contributed by atoms with Gasteiger partial charge < -0.3 is 4.74 Å². The predicted octanol–water partition coefficient (Wildman–Crippen LogP) is 4.01. The van der Waals surface area contributed by atoms with E-state index in [1.165, 1.54) is 0 Å². The Morgan fingerprint density at radius 2 is 2.17 bits per heavy atom. The lowest BCUT2D eigenvalue weighted by atomic mass is 10.1. The van der Waals surface area contributed by atoms with Crippen LogP contribution in [0.4, 0.5) is 0 Å². The largest absolute Gasteiger partial charge is 0.494 e. The summed E-state index contributed by atoms with van der Waals surface area (Å²) >= 11 is 7.53. The molecule has 0 aliphatic rings. The molecule has 2 rings (SSSR count). The van der Waals surface area contributed by atoms with Gasteiger partial charge in [0.05, 0.1) is 6.61 Å². The Labute approximate surface area is 115 Å². The molecule has 0 unspecified atom stereocenters. The third-order valence-electron chi connectivity index (χ3n) is 2.51. The Bertz CT molecular complexity index is 601. The Hall–Kier alpha value is -1.26. The summed E-state index contributed by atoms with van der Waals surface area (Å²) < 4.78 is 5.44. The fourth-order valence-electron chi connectivity index (χ4n) is 1.72. The highest BCUT2D eigenvalue weighted by molar-refractivity contribution is 7.98. The number of hydrogen-bond acceptors (Lipinski definition) is 4. The van der Waals surface area contributed by atoms with Crippen LogP contribution in [0, 0.1) is 0 Å². The molecule has 0 N–H and O–H groups in total. The van der Waals surface area contributed by atoms with Crippen molar-refractivity contribution in [3.05, 3.63) is 35.8 Å². The van der Waals surface area contributed by atoms with E-state index in [0.717, 1.165) is 21.4 Å². The first-order valence-electron chi connectivity index (χ1n) is 5.47. The van der Waals surface area contributed by atoms with Gasteiger partial charge in [-0.15, -0.1) is 11.8 Å². The Morgan fingerprint density at radius 3 is 2.83 bits per heavy atom. The van der Waals surface area contributed by atoms with Crippen molar-refractivity contribution in [3.8, 4) is 0 Å². The van der Waals surface area contributed by atoms with Gasteiger partial charge in [0.25, 0.3) is 0 Å². The van der Waals surface area contributed by atoms with Gasteiger partial charge in [0.1, 0.15) is 15.9 Å². The maximum absolute atomic E-state index is 5.96. The van der Waals surface area contributed by atoms with E-state index >= 15 is 0 Å². The van der Waals surface area contributed by atoms with Crippen molar-refractivity contribution in [1.82, 2.24) is 9.97 Å². The van der Waals surface area contributed by atoms with Crippen molar-refractivity contribution < 1.29 is 4.74 Å². The van der Waals surface area contributed by atoms with Crippen molar-refractivity contribution in [2.24, 2.45) is 0 Å². The van der Waals surface area contributed by atoms with E-state index in [1.807, 2.05) is 19.2 Å². The van der Waals surface area contributed by atoms with E-state index in [1.54, 1.807) is 24.2 Å². The second-order valence-corrected chi connectivity index (χ2v) is 4.77. The molecule has 5 heteroatoms. The average molecular weight is 281 g/mol. The van der Waals surface area contributed by atoms with Gasteiger partial charge in [0.2, 0.25) is 0 Å². The van der Waals surface area contributed by atoms with Gasteiger partial charge >= 0.3 is 0 Å². The molecule has 0 saturated carbocycles. The summed E-state index contributed by atoms with van der Waals surface area (Å²) in [5.41, 5.74) is 0.856. The van der Waals surface area contributed by atoms with Gasteiger partial charge in [0.15, 0.2) is 0 Å². The minimum absolute atomic E-state index is 0.450. The van der Waals surface area contributed by atoms with Gasteiger partial charge in [0, 0.05) is 28.7 Å².